The average Bonchev–Trinajstić information content (AvgIpc) is 2.86. The van der Waals surface area contributed by atoms with Gasteiger partial charge in [-0.1, -0.05) is 30.3 Å². The van der Waals surface area contributed by atoms with Gasteiger partial charge in [-0.15, -0.1) is 0 Å². The molecule has 1 aromatic carbocycles. The number of amides is 1. The predicted octanol–water partition coefficient (Wildman–Crippen LogP) is 1.62. The molecule has 2 rings (SSSR count). The molecule has 4 heteroatoms. The summed E-state index contributed by atoms with van der Waals surface area (Å²) < 4.78 is 5.40. The second kappa shape index (κ2) is 6.68. The molecule has 1 amide bonds. The fraction of sp³-hybridized carbons (Fsp3) is 0.533. The highest BCUT2D eigenvalue weighted by atomic mass is 16.5. The molecule has 1 aliphatic rings. The fourth-order valence-electron chi connectivity index (χ4n) is 2.42. The molecule has 1 fully saturated rings. The molecule has 3 N–H and O–H groups in total. The maximum atomic E-state index is 11.9. The van der Waals surface area contributed by atoms with Gasteiger partial charge in [0, 0.05) is 19.2 Å². The van der Waals surface area contributed by atoms with E-state index < -0.39 is 0 Å². The lowest BCUT2D eigenvalue weighted by atomic mass is 10.0. The highest BCUT2D eigenvalue weighted by molar-refractivity contribution is 5.79. The van der Waals surface area contributed by atoms with E-state index in [2.05, 4.69) is 5.32 Å². The summed E-state index contributed by atoms with van der Waals surface area (Å²) >= 11 is 0. The van der Waals surface area contributed by atoms with Crippen molar-refractivity contribution in [2.75, 3.05) is 13.2 Å². The minimum Gasteiger partial charge on any atom is -0.378 e. The van der Waals surface area contributed by atoms with E-state index >= 15 is 0 Å². The highest BCUT2D eigenvalue weighted by Crippen LogP contribution is 2.20. The van der Waals surface area contributed by atoms with Gasteiger partial charge in [-0.3, -0.25) is 4.79 Å². The molecule has 3 atom stereocenters. The normalized spacial score (nSPS) is 24.1. The maximum Gasteiger partial charge on any atom is 0.225 e. The van der Waals surface area contributed by atoms with Crippen LogP contribution in [0.3, 0.4) is 0 Å². The van der Waals surface area contributed by atoms with Crippen molar-refractivity contribution in [3.8, 4) is 0 Å². The van der Waals surface area contributed by atoms with Crippen molar-refractivity contribution in [2.24, 2.45) is 11.7 Å². The molecule has 19 heavy (non-hydrogen) atoms. The zero-order valence-electron chi connectivity index (χ0n) is 11.3. The van der Waals surface area contributed by atoms with Crippen molar-refractivity contribution in [2.45, 2.75) is 31.9 Å². The van der Waals surface area contributed by atoms with Crippen LogP contribution in [0.5, 0.6) is 0 Å². The third-order valence-electron chi connectivity index (χ3n) is 3.70. The Balaban J connectivity index is 1.73. The Labute approximate surface area is 114 Å². The van der Waals surface area contributed by atoms with Crippen molar-refractivity contribution in [1.29, 1.82) is 0 Å². The molecule has 0 spiro atoms. The molecule has 0 aliphatic carbocycles. The van der Waals surface area contributed by atoms with E-state index in [-0.39, 0.29) is 24.0 Å². The summed E-state index contributed by atoms with van der Waals surface area (Å²) in [5, 5.41) is 2.96. The highest BCUT2D eigenvalue weighted by Gasteiger charge is 2.30. The number of benzene rings is 1. The number of carbonyl (C=O) groups excluding carboxylic acids is 1. The van der Waals surface area contributed by atoms with Crippen LogP contribution in [0.1, 0.15) is 31.4 Å². The van der Waals surface area contributed by atoms with Gasteiger partial charge in [0.1, 0.15) is 0 Å². The molecular formula is C15H22N2O2. The summed E-state index contributed by atoms with van der Waals surface area (Å²) in [6.07, 6.45) is 1.60. The number of hydrogen-bond donors (Lipinski definition) is 2. The Morgan fingerprint density at radius 2 is 2.21 bits per heavy atom. The average molecular weight is 262 g/mol. The van der Waals surface area contributed by atoms with Gasteiger partial charge < -0.3 is 15.8 Å². The molecule has 4 nitrogen and oxygen atoms in total. The van der Waals surface area contributed by atoms with Gasteiger partial charge in [-0.2, -0.15) is 0 Å². The van der Waals surface area contributed by atoms with Crippen LogP contribution in [0, 0.1) is 5.92 Å². The minimum absolute atomic E-state index is 0.00653. The van der Waals surface area contributed by atoms with Crippen molar-refractivity contribution in [1.82, 2.24) is 5.32 Å². The first-order valence-corrected chi connectivity index (χ1v) is 6.88. The van der Waals surface area contributed by atoms with Crippen LogP contribution in [-0.2, 0) is 9.53 Å². The molecule has 0 saturated carbocycles. The number of nitrogens with one attached hydrogen (secondary N) is 1. The van der Waals surface area contributed by atoms with Crippen LogP contribution < -0.4 is 11.1 Å². The van der Waals surface area contributed by atoms with Crippen molar-refractivity contribution in [3.63, 3.8) is 0 Å². The van der Waals surface area contributed by atoms with Crippen LogP contribution in [0.25, 0.3) is 0 Å². The lowest BCUT2D eigenvalue weighted by Crippen LogP contribution is -2.35. The Morgan fingerprint density at radius 3 is 2.84 bits per heavy atom. The quantitative estimate of drug-likeness (QED) is 0.847. The first-order valence-electron chi connectivity index (χ1n) is 6.88. The lowest BCUT2D eigenvalue weighted by molar-refractivity contribution is -0.126. The van der Waals surface area contributed by atoms with E-state index in [1.165, 1.54) is 0 Å². The van der Waals surface area contributed by atoms with Gasteiger partial charge in [0.2, 0.25) is 5.91 Å². The molecule has 0 aromatic heterocycles. The number of carbonyl (C=O) groups is 1. The molecule has 104 valence electrons. The summed E-state index contributed by atoms with van der Waals surface area (Å²) in [5.41, 5.74) is 7.19. The second-order valence-corrected chi connectivity index (χ2v) is 5.07. The fourth-order valence-corrected chi connectivity index (χ4v) is 2.42. The third-order valence-corrected chi connectivity index (χ3v) is 3.70. The topological polar surface area (TPSA) is 64.3 Å². The smallest absolute Gasteiger partial charge is 0.225 e. The van der Waals surface area contributed by atoms with Crippen LogP contribution in [0.2, 0.25) is 0 Å². The SMILES string of the molecule is CC1OCCC1C(=O)NCCC(N)c1ccccc1. The summed E-state index contributed by atoms with van der Waals surface area (Å²) in [6, 6.07) is 9.92. The predicted molar refractivity (Wildman–Crippen MR) is 74.5 cm³/mol. The monoisotopic (exact) mass is 262 g/mol. The van der Waals surface area contributed by atoms with Gasteiger partial charge in [0.25, 0.3) is 0 Å². The minimum atomic E-state index is -0.0289. The Bertz CT molecular complexity index is 408. The zero-order valence-corrected chi connectivity index (χ0v) is 11.3. The molecule has 1 aromatic rings. The second-order valence-electron chi connectivity index (χ2n) is 5.07. The molecule has 0 bridgehead atoms. The number of hydrogen-bond acceptors (Lipinski definition) is 3. The first kappa shape index (κ1) is 14.0. The maximum absolute atomic E-state index is 11.9. The van der Waals surface area contributed by atoms with Crippen molar-refractivity contribution >= 4 is 5.91 Å². The zero-order chi connectivity index (χ0) is 13.7. The molecule has 1 saturated heterocycles. The van der Waals surface area contributed by atoms with Gasteiger partial charge in [-0.25, -0.2) is 0 Å². The van der Waals surface area contributed by atoms with Gasteiger partial charge >= 0.3 is 0 Å². The van der Waals surface area contributed by atoms with E-state index in [4.69, 9.17) is 10.5 Å². The van der Waals surface area contributed by atoms with Gasteiger partial charge in [0.15, 0.2) is 0 Å². The van der Waals surface area contributed by atoms with Gasteiger partial charge in [-0.05, 0) is 25.3 Å². The van der Waals surface area contributed by atoms with E-state index in [1.54, 1.807) is 0 Å². The van der Waals surface area contributed by atoms with Gasteiger partial charge in [0.05, 0.1) is 12.0 Å². The third kappa shape index (κ3) is 3.78. The van der Waals surface area contributed by atoms with Crippen molar-refractivity contribution in [3.05, 3.63) is 35.9 Å². The first-order chi connectivity index (χ1) is 9.18. The molecule has 1 heterocycles. The summed E-state index contributed by atoms with van der Waals surface area (Å²) in [7, 11) is 0. The largest absolute Gasteiger partial charge is 0.378 e. The Kier molecular flexibility index (Phi) is 4.93. The number of nitrogens with two attached hydrogens (primary N) is 1. The standard InChI is InChI=1S/C15H22N2O2/c1-11-13(8-10-19-11)15(18)17-9-7-14(16)12-5-3-2-4-6-12/h2-6,11,13-14H,7-10,16H2,1H3,(H,17,18). The summed E-state index contributed by atoms with van der Waals surface area (Å²) in [6.45, 7) is 3.24. The van der Waals surface area contributed by atoms with E-state index in [0.717, 1.165) is 18.4 Å². The lowest BCUT2D eigenvalue weighted by Gasteiger charge is -2.16. The molecular weight excluding hydrogens is 240 g/mol. The van der Waals surface area contributed by atoms with E-state index in [1.807, 2.05) is 37.3 Å². The summed E-state index contributed by atoms with van der Waals surface area (Å²) in [5.74, 6) is 0.0817. The molecule has 0 radical (unpaired) electrons. The Hall–Kier alpha value is -1.39. The van der Waals surface area contributed by atoms with Crippen LogP contribution in [-0.4, -0.2) is 25.2 Å². The summed E-state index contributed by atoms with van der Waals surface area (Å²) in [4.78, 5) is 11.9. The number of ether oxygens (including phenoxy) is 1. The van der Waals surface area contributed by atoms with Crippen LogP contribution >= 0.6 is 0 Å². The van der Waals surface area contributed by atoms with Crippen molar-refractivity contribution < 1.29 is 9.53 Å². The van der Waals surface area contributed by atoms with E-state index in [9.17, 15) is 4.79 Å². The molecule has 1 aliphatic heterocycles. The van der Waals surface area contributed by atoms with Crippen LogP contribution in [0.4, 0.5) is 0 Å². The molecule has 3 unspecified atom stereocenters. The Morgan fingerprint density at radius 1 is 1.47 bits per heavy atom. The van der Waals surface area contributed by atoms with E-state index in [0.29, 0.717) is 13.2 Å². The van der Waals surface area contributed by atoms with Crippen LogP contribution in [0.15, 0.2) is 30.3 Å². The number of rotatable bonds is 5.